The van der Waals surface area contributed by atoms with Crippen LogP contribution in [0.3, 0.4) is 0 Å². The summed E-state index contributed by atoms with van der Waals surface area (Å²) in [5.41, 5.74) is 0.615. The standard InChI is InChI=1S/C13H15BrO3/c1-3-17-13(16)9(2)8-12(15)10-4-6-11(14)7-5-10/h4-7,9H,3,8H2,1-2H3. The maximum atomic E-state index is 11.9. The number of Topliss-reactive ketones (excluding diaryl/α,β-unsaturated/α-hetero) is 1. The van der Waals surface area contributed by atoms with E-state index >= 15 is 0 Å². The predicted octanol–water partition coefficient (Wildman–Crippen LogP) is 3.22. The van der Waals surface area contributed by atoms with Gasteiger partial charge in [0.25, 0.3) is 0 Å². The molecule has 1 aromatic rings. The van der Waals surface area contributed by atoms with Crippen LogP contribution >= 0.6 is 15.9 Å². The number of ketones is 1. The van der Waals surface area contributed by atoms with Crippen molar-refractivity contribution < 1.29 is 14.3 Å². The number of halogens is 1. The lowest BCUT2D eigenvalue weighted by Crippen LogP contribution is -2.18. The molecule has 92 valence electrons. The molecule has 4 heteroatoms. The molecule has 1 rings (SSSR count). The van der Waals surface area contributed by atoms with Gasteiger partial charge in [-0.05, 0) is 19.1 Å². The molecule has 17 heavy (non-hydrogen) atoms. The molecule has 0 N–H and O–H groups in total. The minimum atomic E-state index is -0.397. The van der Waals surface area contributed by atoms with E-state index < -0.39 is 5.92 Å². The largest absolute Gasteiger partial charge is 0.466 e. The Kier molecular flexibility index (Phi) is 5.35. The first kappa shape index (κ1) is 13.9. The number of hydrogen-bond acceptors (Lipinski definition) is 3. The fourth-order valence-corrected chi connectivity index (χ4v) is 1.66. The molecule has 0 aromatic heterocycles. The first-order valence-electron chi connectivity index (χ1n) is 5.50. The molecule has 0 radical (unpaired) electrons. The van der Waals surface area contributed by atoms with Crippen LogP contribution in [-0.2, 0) is 9.53 Å². The van der Waals surface area contributed by atoms with E-state index in [-0.39, 0.29) is 18.2 Å². The summed E-state index contributed by atoms with van der Waals surface area (Å²) in [4.78, 5) is 23.2. The SMILES string of the molecule is CCOC(=O)C(C)CC(=O)c1ccc(Br)cc1. The number of hydrogen-bond donors (Lipinski definition) is 0. The van der Waals surface area contributed by atoms with Crippen molar-refractivity contribution in [2.45, 2.75) is 20.3 Å². The van der Waals surface area contributed by atoms with E-state index in [1.807, 2.05) is 12.1 Å². The van der Waals surface area contributed by atoms with Gasteiger partial charge in [0.1, 0.15) is 0 Å². The zero-order valence-corrected chi connectivity index (χ0v) is 11.5. The summed E-state index contributed by atoms with van der Waals surface area (Å²) in [6, 6.07) is 7.10. The van der Waals surface area contributed by atoms with Crippen molar-refractivity contribution in [1.29, 1.82) is 0 Å². The highest BCUT2D eigenvalue weighted by Gasteiger charge is 2.18. The van der Waals surface area contributed by atoms with Gasteiger partial charge in [0.15, 0.2) is 5.78 Å². The van der Waals surface area contributed by atoms with Crippen LogP contribution in [0.4, 0.5) is 0 Å². The minimum absolute atomic E-state index is 0.0435. The van der Waals surface area contributed by atoms with Crippen molar-refractivity contribution in [1.82, 2.24) is 0 Å². The summed E-state index contributed by atoms with van der Waals surface area (Å²) in [6.07, 6.45) is 0.181. The van der Waals surface area contributed by atoms with Crippen molar-refractivity contribution in [3.63, 3.8) is 0 Å². The lowest BCUT2D eigenvalue weighted by Gasteiger charge is -2.09. The summed E-state index contributed by atoms with van der Waals surface area (Å²) in [6.45, 7) is 3.80. The maximum Gasteiger partial charge on any atom is 0.309 e. The zero-order valence-electron chi connectivity index (χ0n) is 9.90. The van der Waals surface area contributed by atoms with Crippen molar-refractivity contribution >= 4 is 27.7 Å². The summed E-state index contributed by atoms with van der Waals surface area (Å²) < 4.78 is 5.78. The molecule has 0 spiro atoms. The Morgan fingerprint density at radius 2 is 1.88 bits per heavy atom. The van der Waals surface area contributed by atoms with Gasteiger partial charge >= 0.3 is 5.97 Å². The topological polar surface area (TPSA) is 43.4 Å². The van der Waals surface area contributed by atoms with E-state index in [1.165, 1.54) is 0 Å². The second-order valence-corrected chi connectivity index (χ2v) is 4.70. The van der Waals surface area contributed by atoms with Crippen LogP contribution in [0.5, 0.6) is 0 Å². The van der Waals surface area contributed by atoms with Gasteiger partial charge < -0.3 is 4.74 Å². The molecule has 0 aliphatic carbocycles. The average Bonchev–Trinajstić information content (AvgIpc) is 2.30. The molecule has 1 aromatic carbocycles. The van der Waals surface area contributed by atoms with Crippen LogP contribution in [-0.4, -0.2) is 18.4 Å². The van der Waals surface area contributed by atoms with Crippen LogP contribution in [0.1, 0.15) is 30.6 Å². The molecule has 0 aliphatic heterocycles. The van der Waals surface area contributed by atoms with Crippen molar-refractivity contribution in [2.75, 3.05) is 6.61 Å². The van der Waals surface area contributed by atoms with E-state index in [0.29, 0.717) is 12.2 Å². The number of carbonyl (C=O) groups excluding carboxylic acids is 2. The Morgan fingerprint density at radius 1 is 1.29 bits per heavy atom. The fraction of sp³-hybridized carbons (Fsp3) is 0.385. The van der Waals surface area contributed by atoms with E-state index in [9.17, 15) is 9.59 Å². The lowest BCUT2D eigenvalue weighted by molar-refractivity contribution is -0.147. The molecule has 0 heterocycles. The molecule has 0 bridgehead atoms. The van der Waals surface area contributed by atoms with E-state index in [1.54, 1.807) is 26.0 Å². The molecule has 0 saturated carbocycles. The third-order valence-corrected chi connectivity index (χ3v) is 2.88. The Bertz CT molecular complexity index is 398. The second kappa shape index (κ2) is 6.55. The fourth-order valence-electron chi connectivity index (χ4n) is 1.40. The first-order valence-corrected chi connectivity index (χ1v) is 6.29. The second-order valence-electron chi connectivity index (χ2n) is 3.79. The normalized spacial score (nSPS) is 11.9. The van der Waals surface area contributed by atoms with Gasteiger partial charge in [-0.25, -0.2) is 0 Å². The van der Waals surface area contributed by atoms with Gasteiger partial charge in [0, 0.05) is 16.5 Å². The highest BCUT2D eigenvalue weighted by molar-refractivity contribution is 9.10. The Balaban J connectivity index is 2.60. The molecule has 0 aliphatic rings. The van der Waals surface area contributed by atoms with Crippen LogP contribution in [0, 0.1) is 5.92 Å². The third kappa shape index (κ3) is 4.30. The van der Waals surface area contributed by atoms with E-state index in [4.69, 9.17) is 4.74 Å². The monoisotopic (exact) mass is 298 g/mol. The smallest absolute Gasteiger partial charge is 0.309 e. The molecule has 0 fully saturated rings. The highest BCUT2D eigenvalue weighted by atomic mass is 79.9. The Labute approximate surface area is 109 Å². The predicted molar refractivity (Wildman–Crippen MR) is 68.9 cm³/mol. The number of esters is 1. The van der Waals surface area contributed by atoms with Gasteiger partial charge in [-0.3, -0.25) is 9.59 Å². The molecule has 3 nitrogen and oxygen atoms in total. The van der Waals surface area contributed by atoms with Crippen LogP contribution < -0.4 is 0 Å². The zero-order chi connectivity index (χ0) is 12.8. The lowest BCUT2D eigenvalue weighted by atomic mass is 10.00. The average molecular weight is 299 g/mol. The van der Waals surface area contributed by atoms with Crippen LogP contribution in [0.2, 0.25) is 0 Å². The minimum Gasteiger partial charge on any atom is -0.466 e. The molecule has 1 unspecified atom stereocenters. The van der Waals surface area contributed by atoms with Crippen LogP contribution in [0.25, 0.3) is 0 Å². The highest BCUT2D eigenvalue weighted by Crippen LogP contribution is 2.15. The van der Waals surface area contributed by atoms with Gasteiger partial charge in [-0.1, -0.05) is 35.0 Å². The van der Waals surface area contributed by atoms with Crippen molar-refractivity contribution in [2.24, 2.45) is 5.92 Å². The molecule has 0 saturated heterocycles. The number of benzene rings is 1. The first-order chi connectivity index (χ1) is 8.04. The van der Waals surface area contributed by atoms with Gasteiger partial charge in [0.05, 0.1) is 12.5 Å². The molecular formula is C13H15BrO3. The molecule has 1 atom stereocenters. The maximum absolute atomic E-state index is 11.9. The van der Waals surface area contributed by atoms with Gasteiger partial charge in [-0.2, -0.15) is 0 Å². The summed E-state index contributed by atoms with van der Waals surface area (Å²) in [5, 5.41) is 0. The number of rotatable bonds is 5. The van der Waals surface area contributed by atoms with Crippen molar-refractivity contribution in [3.05, 3.63) is 34.3 Å². The van der Waals surface area contributed by atoms with E-state index in [2.05, 4.69) is 15.9 Å². The molecular weight excluding hydrogens is 284 g/mol. The third-order valence-electron chi connectivity index (χ3n) is 2.35. The number of ether oxygens (including phenoxy) is 1. The quantitative estimate of drug-likeness (QED) is 0.619. The van der Waals surface area contributed by atoms with Gasteiger partial charge in [-0.15, -0.1) is 0 Å². The molecule has 0 amide bonds. The number of carbonyl (C=O) groups is 2. The Morgan fingerprint density at radius 3 is 2.41 bits per heavy atom. The van der Waals surface area contributed by atoms with Crippen LogP contribution in [0.15, 0.2) is 28.7 Å². The summed E-state index contributed by atoms with van der Waals surface area (Å²) in [7, 11) is 0. The summed E-state index contributed by atoms with van der Waals surface area (Å²) in [5.74, 6) is -0.762. The Hall–Kier alpha value is -1.16. The van der Waals surface area contributed by atoms with Gasteiger partial charge in [0.2, 0.25) is 0 Å². The summed E-state index contributed by atoms with van der Waals surface area (Å²) >= 11 is 3.30. The van der Waals surface area contributed by atoms with Crippen molar-refractivity contribution in [3.8, 4) is 0 Å². The van der Waals surface area contributed by atoms with E-state index in [0.717, 1.165) is 4.47 Å².